The second kappa shape index (κ2) is 3.88. The number of aliphatic hydroxyl groups is 1. The minimum atomic E-state index is -3.19. The van der Waals surface area contributed by atoms with Crippen molar-refractivity contribution in [3.63, 3.8) is 0 Å². The molecule has 5 nitrogen and oxygen atoms in total. The first-order valence-corrected chi connectivity index (χ1v) is 5.84. The Morgan fingerprint density at radius 2 is 2.22 bits per heavy atom. The number of carbonyl (C=O) groups is 2. The van der Waals surface area contributed by atoms with E-state index in [9.17, 15) is 23.5 Å². The number of hydrogen-bond donors (Lipinski definition) is 1. The molecule has 2 saturated carbocycles. The summed E-state index contributed by atoms with van der Waals surface area (Å²) in [6.07, 6.45) is -4.06. The van der Waals surface area contributed by atoms with E-state index in [1.54, 1.807) is 0 Å². The van der Waals surface area contributed by atoms with Gasteiger partial charge in [-0.05, 0) is 6.42 Å². The molecular formula is C11H12F2O5. The molecule has 1 aliphatic heterocycles. The fraction of sp³-hybridized carbons (Fsp3) is 0.818. The van der Waals surface area contributed by atoms with E-state index >= 15 is 0 Å². The summed E-state index contributed by atoms with van der Waals surface area (Å²) in [4.78, 5) is 22.6. The Bertz CT molecular complexity index is 399. The molecule has 1 N–H and O–H groups in total. The third kappa shape index (κ3) is 1.39. The van der Waals surface area contributed by atoms with Gasteiger partial charge in [0.2, 0.25) is 0 Å². The summed E-state index contributed by atoms with van der Waals surface area (Å²) in [6, 6.07) is 0. The first-order valence-electron chi connectivity index (χ1n) is 5.84. The molecule has 1 saturated heterocycles. The van der Waals surface area contributed by atoms with Gasteiger partial charge in [-0.3, -0.25) is 4.79 Å². The minimum Gasteiger partial charge on any atom is -0.458 e. The van der Waals surface area contributed by atoms with E-state index in [0.29, 0.717) is 6.42 Å². The summed E-state index contributed by atoms with van der Waals surface area (Å²) in [5.41, 5.74) is 0. The minimum absolute atomic E-state index is 0.116. The van der Waals surface area contributed by atoms with Gasteiger partial charge >= 0.3 is 18.4 Å². The molecule has 0 aromatic carbocycles. The van der Waals surface area contributed by atoms with Crippen molar-refractivity contribution in [2.75, 3.05) is 6.61 Å². The van der Waals surface area contributed by atoms with Crippen molar-refractivity contribution >= 4 is 11.9 Å². The molecule has 18 heavy (non-hydrogen) atoms. The van der Waals surface area contributed by atoms with Crippen molar-refractivity contribution in [2.24, 2.45) is 23.7 Å². The van der Waals surface area contributed by atoms with Gasteiger partial charge in [0.15, 0.2) is 0 Å². The maximum absolute atomic E-state index is 12.2. The van der Waals surface area contributed by atoms with E-state index in [0.717, 1.165) is 0 Å². The molecule has 0 aromatic rings. The van der Waals surface area contributed by atoms with Gasteiger partial charge in [0.05, 0.1) is 5.92 Å². The lowest BCUT2D eigenvalue weighted by atomic mass is 9.79. The molecule has 3 aliphatic rings. The molecule has 3 rings (SSSR count). The molecule has 7 heteroatoms. The normalized spacial score (nSPS) is 44.6. The molecule has 100 valence electrons. The molecule has 3 fully saturated rings. The van der Waals surface area contributed by atoms with Crippen LogP contribution >= 0.6 is 0 Å². The zero-order valence-electron chi connectivity index (χ0n) is 9.29. The van der Waals surface area contributed by atoms with Crippen LogP contribution in [0.3, 0.4) is 0 Å². The van der Waals surface area contributed by atoms with Crippen molar-refractivity contribution in [2.45, 2.75) is 25.1 Å². The van der Waals surface area contributed by atoms with Crippen LogP contribution in [0.15, 0.2) is 0 Å². The number of hydrogen-bond acceptors (Lipinski definition) is 5. The lowest BCUT2D eigenvalue weighted by molar-refractivity contribution is -0.173. The summed E-state index contributed by atoms with van der Waals surface area (Å²) in [6.45, 7) is -0.226. The summed E-state index contributed by atoms with van der Waals surface area (Å²) in [7, 11) is 0. The standard InChI is InChI=1S/C11H12F2O5/c12-9(13)11(16)18-7-3-1-4-6(5(3)2-14)10(15)17-8(4)7/h3-9,14H,1-2H2. The number of aliphatic hydroxyl groups excluding tert-OH is 1. The highest BCUT2D eigenvalue weighted by atomic mass is 19.3. The maximum atomic E-state index is 12.2. The van der Waals surface area contributed by atoms with E-state index < -0.39 is 30.6 Å². The predicted octanol–water partition coefficient (Wildman–Crippen LogP) is -0.0369. The van der Waals surface area contributed by atoms with E-state index in [2.05, 4.69) is 0 Å². The van der Waals surface area contributed by atoms with Crippen LogP contribution in [0, 0.1) is 23.7 Å². The summed E-state index contributed by atoms with van der Waals surface area (Å²) in [5, 5.41) is 9.29. The number of esters is 2. The number of rotatable bonds is 3. The summed E-state index contributed by atoms with van der Waals surface area (Å²) >= 11 is 0. The Labute approximate surface area is 101 Å². The third-order valence-electron chi connectivity index (χ3n) is 4.35. The first kappa shape index (κ1) is 11.8. The quantitative estimate of drug-likeness (QED) is 0.723. The maximum Gasteiger partial charge on any atom is 0.374 e. The van der Waals surface area contributed by atoms with Gasteiger partial charge in [0.25, 0.3) is 0 Å². The van der Waals surface area contributed by atoms with Crippen molar-refractivity contribution in [3.8, 4) is 0 Å². The van der Waals surface area contributed by atoms with E-state index in [1.807, 2.05) is 0 Å². The van der Waals surface area contributed by atoms with Crippen LogP contribution in [0.2, 0.25) is 0 Å². The number of ether oxygens (including phenoxy) is 2. The van der Waals surface area contributed by atoms with Gasteiger partial charge in [0.1, 0.15) is 12.2 Å². The molecule has 1 heterocycles. The molecule has 0 spiro atoms. The SMILES string of the molecule is O=C(OC1C2CC3C1OC(=O)C3C2CO)C(F)F. The molecule has 6 unspecified atom stereocenters. The Kier molecular flexibility index (Phi) is 2.55. The smallest absolute Gasteiger partial charge is 0.374 e. The van der Waals surface area contributed by atoms with Gasteiger partial charge in [-0.15, -0.1) is 0 Å². The van der Waals surface area contributed by atoms with Crippen LogP contribution in [-0.2, 0) is 19.1 Å². The highest BCUT2D eigenvalue weighted by Gasteiger charge is 2.67. The molecular weight excluding hydrogens is 250 g/mol. The topological polar surface area (TPSA) is 72.8 Å². The zero-order chi connectivity index (χ0) is 13.0. The number of carbonyl (C=O) groups excluding carboxylic acids is 2. The fourth-order valence-electron chi connectivity index (χ4n) is 3.73. The van der Waals surface area contributed by atoms with Gasteiger partial charge in [0, 0.05) is 24.4 Å². The van der Waals surface area contributed by atoms with E-state index in [4.69, 9.17) is 9.47 Å². The number of fused-ring (bicyclic) bond motifs is 1. The molecule has 0 radical (unpaired) electrons. The average molecular weight is 262 g/mol. The highest BCUT2D eigenvalue weighted by Crippen LogP contribution is 2.58. The van der Waals surface area contributed by atoms with Crippen LogP contribution in [0.5, 0.6) is 0 Å². The van der Waals surface area contributed by atoms with Crippen molar-refractivity contribution in [1.29, 1.82) is 0 Å². The number of alkyl halides is 2. The summed E-state index contributed by atoms with van der Waals surface area (Å²) < 4.78 is 34.2. The average Bonchev–Trinajstić information content (AvgIpc) is 2.91. The van der Waals surface area contributed by atoms with Crippen LogP contribution in [0.25, 0.3) is 0 Å². The predicted molar refractivity (Wildman–Crippen MR) is 51.4 cm³/mol. The molecule has 6 atom stereocenters. The Morgan fingerprint density at radius 1 is 1.50 bits per heavy atom. The van der Waals surface area contributed by atoms with Crippen molar-refractivity contribution in [3.05, 3.63) is 0 Å². The van der Waals surface area contributed by atoms with Crippen LogP contribution in [0.4, 0.5) is 8.78 Å². The summed E-state index contributed by atoms with van der Waals surface area (Å²) in [5.74, 6) is -3.10. The van der Waals surface area contributed by atoms with Gasteiger partial charge in [-0.2, -0.15) is 8.78 Å². The molecule has 0 amide bonds. The lowest BCUT2D eigenvalue weighted by Gasteiger charge is -2.30. The molecule has 2 bridgehead atoms. The van der Waals surface area contributed by atoms with Crippen LogP contribution in [-0.4, -0.2) is 42.3 Å². The van der Waals surface area contributed by atoms with Crippen LogP contribution < -0.4 is 0 Å². The lowest BCUT2D eigenvalue weighted by Crippen LogP contribution is -2.42. The second-order valence-electron chi connectivity index (χ2n) is 5.04. The Balaban J connectivity index is 1.82. The van der Waals surface area contributed by atoms with Gasteiger partial charge in [-0.1, -0.05) is 0 Å². The molecule has 0 aromatic heterocycles. The Hall–Kier alpha value is -1.24. The highest BCUT2D eigenvalue weighted by molar-refractivity contribution is 5.78. The van der Waals surface area contributed by atoms with E-state index in [1.165, 1.54) is 0 Å². The van der Waals surface area contributed by atoms with Crippen molar-refractivity contribution in [1.82, 2.24) is 0 Å². The van der Waals surface area contributed by atoms with Gasteiger partial charge in [-0.25, -0.2) is 4.79 Å². The van der Waals surface area contributed by atoms with Crippen molar-refractivity contribution < 1.29 is 33.0 Å². The molecule has 2 aliphatic carbocycles. The monoisotopic (exact) mass is 262 g/mol. The fourth-order valence-corrected chi connectivity index (χ4v) is 3.73. The van der Waals surface area contributed by atoms with Gasteiger partial charge < -0.3 is 14.6 Å². The first-order chi connectivity index (χ1) is 8.54. The third-order valence-corrected chi connectivity index (χ3v) is 4.35. The largest absolute Gasteiger partial charge is 0.458 e. The second-order valence-corrected chi connectivity index (χ2v) is 5.04. The zero-order valence-corrected chi connectivity index (χ0v) is 9.29. The van der Waals surface area contributed by atoms with E-state index in [-0.39, 0.29) is 30.3 Å². The van der Waals surface area contributed by atoms with Crippen LogP contribution in [0.1, 0.15) is 6.42 Å². The number of halogens is 2. The Morgan fingerprint density at radius 3 is 2.83 bits per heavy atom.